The molecule has 0 bridgehead atoms. The number of hydrogen-bond donors (Lipinski definition) is 1. The van der Waals surface area contributed by atoms with Crippen molar-refractivity contribution in [1.82, 2.24) is 9.97 Å². The van der Waals surface area contributed by atoms with E-state index in [9.17, 15) is 9.18 Å². The van der Waals surface area contributed by atoms with Gasteiger partial charge in [-0.1, -0.05) is 19.9 Å². The molecule has 0 radical (unpaired) electrons. The Hall–Kier alpha value is -2.94. The molecule has 9 heteroatoms. The molecule has 8 nitrogen and oxygen atoms in total. The molecule has 34 heavy (non-hydrogen) atoms. The number of rotatable bonds is 9. The first kappa shape index (κ1) is 25.7. The number of halogens is 1. The van der Waals surface area contributed by atoms with Crippen LogP contribution in [0.3, 0.4) is 0 Å². The topological polar surface area (TPSA) is 85.8 Å². The second kappa shape index (κ2) is 10.5. The van der Waals surface area contributed by atoms with E-state index in [2.05, 4.69) is 15.3 Å². The number of anilines is 2. The van der Waals surface area contributed by atoms with Crippen LogP contribution < -0.4 is 15.0 Å². The molecule has 1 aromatic heterocycles. The monoisotopic (exact) mass is 474 g/mol. The maximum Gasteiger partial charge on any atom is 0.416 e. The SMILES string of the molecule is CC(C)COc1ccc([C@H](C)Nc2nccc(N3C(=O)OC[C@@H]3[C@@H](C)OC(C)(C)C)n2)c(F)c1. The molecule has 1 amide bonds. The standard InChI is InChI=1S/C25H35FN4O4/c1-15(2)13-32-18-8-9-19(20(26)12-18)16(3)28-23-27-11-10-22(29-23)30-21(14-33-24(30)31)17(4)34-25(5,6)7/h8-12,15-17,21H,13-14H2,1-7H3,(H,27,28,29)/t16-,17+,21+/m0/s1. The lowest BCUT2D eigenvalue weighted by Gasteiger charge is -2.31. The number of cyclic esters (lactones) is 1. The minimum Gasteiger partial charge on any atom is -0.493 e. The molecule has 0 aliphatic carbocycles. The summed E-state index contributed by atoms with van der Waals surface area (Å²) in [5.74, 6) is 1.12. The molecule has 1 N–H and O–H groups in total. The summed E-state index contributed by atoms with van der Waals surface area (Å²) in [6.45, 7) is 14.4. The van der Waals surface area contributed by atoms with Gasteiger partial charge in [-0.2, -0.15) is 4.98 Å². The Bertz CT molecular complexity index is 995. The third-order valence-corrected chi connectivity index (χ3v) is 5.24. The predicted molar refractivity (Wildman–Crippen MR) is 129 cm³/mol. The van der Waals surface area contributed by atoms with Gasteiger partial charge in [-0.15, -0.1) is 0 Å². The number of carbonyl (C=O) groups is 1. The van der Waals surface area contributed by atoms with E-state index in [0.717, 1.165) is 0 Å². The highest BCUT2D eigenvalue weighted by molar-refractivity contribution is 5.89. The van der Waals surface area contributed by atoms with Gasteiger partial charge < -0.3 is 19.5 Å². The molecule has 2 heterocycles. The number of aromatic nitrogens is 2. The highest BCUT2D eigenvalue weighted by Crippen LogP contribution is 2.28. The van der Waals surface area contributed by atoms with Crippen LogP contribution in [0, 0.1) is 11.7 Å². The van der Waals surface area contributed by atoms with Gasteiger partial charge in [0.05, 0.1) is 24.4 Å². The van der Waals surface area contributed by atoms with E-state index in [-0.39, 0.29) is 36.1 Å². The molecule has 0 unspecified atom stereocenters. The van der Waals surface area contributed by atoms with Gasteiger partial charge in [0.1, 0.15) is 30.0 Å². The molecule has 0 saturated carbocycles. The minimum absolute atomic E-state index is 0.204. The fourth-order valence-electron chi connectivity index (χ4n) is 3.72. The van der Waals surface area contributed by atoms with Crippen molar-refractivity contribution in [3.05, 3.63) is 41.8 Å². The quantitative estimate of drug-likeness (QED) is 0.524. The molecule has 1 aromatic carbocycles. The maximum atomic E-state index is 14.7. The summed E-state index contributed by atoms with van der Waals surface area (Å²) < 4.78 is 31.7. The van der Waals surface area contributed by atoms with Crippen LogP contribution in [-0.2, 0) is 9.47 Å². The average Bonchev–Trinajstić information content (AvgIpc) is 3.13. The van der Waals surface area contributed by atoms with Crippen molar-refractivity contribution in [3.63, 3.8) is 0 Å². The molecule has 3 rings (SSSR count). The summed E-state index contributed by atoms with van der Waals surface area (Å²) in [5, 5.41) is 3.12. The molecule has 1 aliphatic rings. The summed E-state index contributed by atoms with van der Waals surface area (Å²) in [7, 11) is 0. The summed E-state index contributed by atoms with van der Waals surface area (Å²) in [6, 6.07) is 5.71. The van der Waals surface area contributed by atoms with Gasteiger partial charge in [0.15, 0.2) is 0 Å². The molecule has 0 spiro atoms. The molecule has 2 aromatic rings. The molecule has 1 saturated heterocycles. The Labute approximate surface area is 200 Å². The Morgan fingerprint density at radius 2 is 1.97 bits per heavy atom. The van der Waals surface area contributed by atoms with Crippen molar-refractivity contribution in [2.45, 2.75) is 72.3 Å². The Morgan fingerprint density at radius 3 is 2.62 bits per heavy atom. The predicted octanol–water partition coefficient (Wildman–Crippen LogP) is 5.35. The van der Waals surface area contributed by atoms with Crippen molar-refractivity contribution in [3.8, 4) is 5.75 Å². The zero-order valence-corrected chi connectivity index (χ0v) is 21.0. The van der Waals surface area contributed by atoms with Crippen LogP contribution in [0.5, 0.6) is 5.75 Å². The van der Waals surface area contributed by atoms with Crippen molar-refractivity contribution in [2.24, 2.45) is 5.92 Å². The van der Waals surface area contributed by atoms with E-state index >= 15 is 0 Å². The van der Waals surface area contributed by atoms with Gasteiger partial charge in [0.2, 0.25) is 5.95 Å². The number of benzene rings is 1. The van der Waals surface area contributed by atoms with E-state index in [1.165, 1.54) is 11.0 Å². The van der Waals surface area contributed by atoms with Crippen molar-refractivity contribution in [1.29, 1.82) is 0 Å². The van der Waals surface area contributed by atoms with Gasteiger partial charge in [-0.25, -0.2) is 14.2 Å². The lowest BCUT2D eigenvalue weighted by atomic mass is 10.1. The van der Waals surface area contributed by atoms with Crippen LogP contribution in [0.15, 0.2) is 30.5 Å². The smallest absolute Gasteiger partial charge is 0.416 e. The average molecular weight is 475 g/mol. The number of nitrogens with one attached hydrogen (secondary N) is 1. The fourth-order valence-corrected chi connectivity index (χ4v) is 3.72. The number of hydrogen-bond acceptors (Lipinski definition) is 7. The lowest BCUT2D eigenvalue weighted by Crippen LogP contribution is -2.45. The third kappa shape index (κ3) is 6.56. The van der Waals surface area contributed by atoms with Crippen LogP contribution in [0.25, 0.3) is 0 Å². The zero-order valence-electron chi connectivity index (χ0n) is 21.0. The first-order valence-corrected chi connectivity index (χ1v) is 11.6. The third-order valence-electron chi connectivity index (χ3n) is 5.24. The van der Waals surface area contributed by atoms with E-state index in [0.29, 0.717) is 29.7 Å². The zero-order chi connectivity index (χ0) is 25.0. The number of amides is 1. The minimum atomic E-state index is -0.491. The summed E-state index contributed by atoms with van der Waals surface area (Å²) in [5.41, 5.74) is 0.0841. The van der Waals surface area contributed by atoms with Crippen molar-refractivity contribution in [2.75, 3.05) is 23.4 Å². The Morgan fingerprint density at radius 1 is 1.24 bits per heavy atom. The Balaban J connectivity index is 1.74. The molecule has 186 valence electrons. The van der Waals surface area contributed by atoms with Crippen LogP contribution >= 0.6 is 0 Å². The van der Waals surface area contributed by atoms with Crippen molar-refractivity contribution < 1.29 is 23.4 Å². The van der Waals surface area contributed by atoms with E-state index in [1.54, 1.807) is 24.4 Å². The largest absolute Gasteiger partial charge is 0.493 e. The normalized spacial score (nSPS) is 18.1. The van der Waals surface area contributed by atoms with Gasteiger partial charge in [0.25, 0.3) is 0 Å². The number of carbonyl (C=O) groups excluding carboxylic acids is 1. The van der Waals surface area contributed by atoms with Gasteiger partial charge in [-0.05, 0) is 52.7 Å². The number of ether oxygens (including phenoxy) is 3. The van der Waals surface area contributed by atoms with Crippen LogP contribution in [0.1, 0.15) is 60.1 Å². The summed E-state index contributed by atoms with van der Waals surface area (Å²) in [6.07, 6.45) is 0.784. The highest BCUT2D eigenvalue weighted by Gasteiger charge is 2.40. The van der Waals surface area contributed by atoms with E-state index in [1.807, 2.05) is 48.5 Å². The maximum absolute atomic E-state index is 14.7. The molecule has 3 atom stereocenters. The molecule has 1 aliphatic heterocycles. The van der Waals surface area contributed by atoms with Crippen molar-refractivity contribution >= 4 is 17.9 Å². The first-order chi connectivity index (χ1) is 15.9. The molecular weight excluding hydrogens is 439 g/mol. The van der Waals surface area contributed by atoms with Gasteiger partial charge in [-0.3, -0.25) is 4.90 Å². The summed E-state index contributed by atoms with van der Waals surface area (Å²) in [4.78, 5) is 22.7. The number of nitrogens with zero attached hydrogens (tertiary/aromatic N) is 3. The van der Waals surface area contributed by atoms with E-state index < -0.39 is 12.1 Å². The van der Waals surface area contributed by atoms with Crippen LogP contribution in [-0.4, -0.2) is 47.0 Å². The summed E-state index contributed by atoms with van der Waals surface area (Å²) >= 11 is 0. The fraction of sp³-hybridized carbons (Fsp3) is 0.560. The Kier molecular flexibility index (Phi) is 7.97. The second-order valence-electron chi connectivity index (χ2n) is 9.94. The lowest BCUT2D eigenvalue weighted by molar-refractivity contribution is -0.0618. The molecule has 1 fully saturated rings. The van der Waals surface area contributed by atoms with Gasteiger partial charge >= 0.3 is 6.09 Å². The van der Waals surface area contributed by atoms with Crippen LogP contribution in [0.4, 0.5) is 21.0 Å². The molecular formula is C25H35FN4O4. The van der Waals surface area contributed by atoms with E-state index in [4.69, 9.17) is 14.2 Å². The second-order valence-corrected chi connectivity index (χ2v) is 9.94. The first-order valence-electron chi connectivity index (χ1n) is 11.6. The van der Waals surface area contributed by atoms with Gasteiger partial charge in [0, 0.05) is 17.8 Å². The highest BCUT2D eigenvalue weighted by atomic mass is 19.1. The van der Waals surface area contributed by atoms with Crippen LogP contribution in [0.2, 0.25) is 0 Å².